The van der Waals surface area contributed by atoms with Gasteiger partial charge in [0.05, 0.1) is 41.7 Å². The zero-order valence-corrected chi connectivity index (χ0v) is 10.7. The third kappa shape index (κ3) is 3.21. The summed E-state index contributed by atoms with van der Waals surface area (Å²) in [4.78, 5) is 12.9. The summed E-state index contributed by atoms with van der Waals surface area (Å²) in [6.45, 7) is 2.50. The Morgan fingerprint density at radius 1 is 1.22 bits per heavy atom. The number of nitrogens with zero attached hydrogens (tertiary/aromatic N) is 3. The molecule has 0 fully saturated rings. The average Bonchev–Trinajstić information content (AvgIpc) is 2.38. The molecule has 0 aromatic carbocycles. The van der Waals surface area contributed by atoms with Crippen LogP contribution in [0.4, 0.5) is 5.69 Å². The summed E-state index contributed by atoms with van der Waals surface area (Å²) in [7, 11) is 0. The molecule has 2 heterocycles. The minimum Gasteiger partial charge on any atom is -0.388 e. The maximum Gasteiger partial charge on any atom is 0.122 e. The van der Waals surface area contributed by atoms with Crippen molar-refractivity contribution in [1.82, 2.24) is 15.0 Å². The lowest BCUT2D eigenvalue weighted by atomic mass is 10.3. The van der Waals surface area contributed by atoms with E-state index in [2.05, 4.69) is 20.3 Å². The van der Waals surface area contributed by atoms with Crippen molar-refractivity contribution < 1.29 is 0 Å². The van der Waals surface area contributed by atoms with E-state index in [0.29, 0.717) is 17.2 Å². The van der Waals surface area contributed by atoms with Crippen LogP contribution >= 0.6 is 12.2 Å². The molecule has 0 amide bonds. The molecule has 2 aromatic heterocycles. The lowest BCUT2D eigenvalue weighted by Gasteiger charge is -2.06. The second-order valence-electron chi connectivity index (χ2n) is 3.80. The van der Waals surface area contributed by atoms with Gasteiger partial charge < -0.3 is 11.1 Å². The highest BCUT2D eigenvalue weighted by Gasteiger charge is 1.99. The zero-order valence-electron chi connectivity index (χ0n) is 9.92. The van der Waals surface area contributed by atoms with E-state index in [9.17, 15) is 0 Å². The Bertz CT molecular complexity index is 535. The Morgan fingerprint density at radius 2 is 2.06 bits per heavy atom. The molecular formula is C12H13N5S. The molecule has 0 radical (unpaired) electrons. The van der Waals surface area contributed by atoms with E-state index >= 15 is 0 Å². The van der Waals surface area contributed by atoms with Gasteiger partial charge >= 0.3 is 0 Å². The summed E-state index contributed by atoms with van der Waals surface area (Å²) >= 11 is 4.84. The SMILES string of the molecule is Cc1cnc(CNc2ccc(C(N)=S)nc2)cn1. The highest BCUT2D eigenvalue weighted by molar-refractivity contribution is 7.80. The van der Waals surface area contributed by atoms with Crippen molar-refractivity contribution in [3.63, 3.8) is 0 Å². The minimum absolute atomic E-state index is 0.297. The first-order valence-corrected chi connectivity index (χ1v) is 5.83. The minimum atomic E-state index is 0.297. The Labute approximate surface area is 110 Å². The second-order valence-corrected chi connectivity index (χ2v) is 4.24. The van der Waals surface area contributed by atoms with Crippen LogP contribution in [-0.2, 0) is 6.54 Å². The molecule has 0 bridgehead atoms. The highest BCUT2D eigenvalue weighted by Crippen LogP contribution is 2.07. The summed E-state index contributed by atoms with van der Waals surface area (Å²) in [5.41, 5.74) is 8.75. The number of pyridine rings is 1. The van der Waals surface area contributed by atoms with Gasteiger partial charge in [-0.1, -0.05) is 12.2 Å². The Balaban J connectivity index is 1.97. The summed E-state index contributed by atoms with van der Waals surface area (Å²) in [6, 6.07) is 3.66. The van der Waals surface area contributed by atoms with Gasteiger partial charge in [-0.2, -0.15) is 0 Å². The summed E-state index contributed by atoms with van der Waals surface area (Å²) < 4.78 is 0. The van der Waals surface area contributed by atoms with Crippen molar-refractivity contribution in [1.29, 1.82) is 0 Å². The highest BCUT2D eigenvalue weighted by atomic mass is 32.1. The molecule has 0 atom stereocenters. The number of anilines is 1. The van der Waals surface area contributed by atoms with Crippen LogP contribution < -0.4 is 11.1 Å². The average molecular weight is 259 g/mol. The first kappa shape index (κ1) is 12.4. The van der Waals surface area contributed by atoms with Gasteiger partial charge in [0.2, 0.25) is 0 Å². The number of nitrogens with one attached hydrogen (secondary N) is 1. The number of nitrogens with two attached hydrogens (primary N) is 1. The van der Waals surface area contributed by atoms with Crippen LogP contribution in [0.15, 0.2) is 30.7 Å². The van der Waals surface area contributed by atoms with Crippen LogP contribution in [0.2, 0.25) is 0 Å². The van der Waals surface area contributed by atoms with Gasteiger partial charge in [-0.05, 0) is 19.1 Å². The fourth-order valence-electron chi connectivity index (χ4n) is 1.35. The lowest BCUT2D eigenvalue weighted by Crippen LogP contribution is -2.11. The monoisotopic (exact) mass is 259 g/mol. The number of aryl methyl sites for hydroxylation is 1. The topological polar surface area (TPSA) is 76.7 Å². The van der Waals surface area contributed by atoms with Crippen LogP contribution in [0.25, 0.3) is 0 Å². The quantitative estimate of drug-likeness (QED) is 0.809. The van der Waals surface area contributed by atoms with Crippen molar-refractivity contribution in [2.75, 3.05) is 5.32 Å². The van der Waals surface area contributed by atoms with Gasteiger partial charge in [-0.3, -0.25) is 15.0 Å². The molecule has 5 nitrogen and oxygen atoms in total. The molecule has 92 valence electrons. The van der Waals surface area contributed by atoms with E-state index in [-0.39, 0.29) is 0 Å². The molecule has 0 aliphatic heterocycles. The van der Waals surface area contributed by atoms with Crippen molar-refractivity contribution in [2.45, 2.75) is 13.5 Å². The molecule has 0 saturated heterocycles. The number of hydrogen-bond acceptors (Lipinski definition) is 5. The molecule has 0 unspecified atom stereocenters. The van der Waals surface area contributed by atoms with Crippen LogP contribution in [0, 0.1) is 6.92 Å². The predicted molar refractivity (Wildman–Crippen MR) is 74.2 cm³/mol. The number of rotatable bonds is 4. The summed E-state index contributed by atoms with van der Waals surface area (Å²) in [5, 5.41) is 3.20. The standard InChI is InChI=1S/C12H13N5S/c1-8-4-15-10(6-14-8)7-16-9-2-3-11(12(13)18)17-5-9/h2-6,16H,7H2,1H3,(H2,13,18). The van der Waals surface area contributed by atoms with Crippen molar-refractivity contribution >= 4 is 22.9 Å². The summed E-state index contributed by atoms with van der Waals surface area (Å²) in [5.74, 6) is 0. The van der Waals surface area contributed by atoms with Crippen LogP contribution in [0.1, 0.15) is 17.1 Å². The number of thiocarbonyl (C=S) groups is 1. The van der Waals surface area contributed by atoms with Gasteiger partial charge in [0.25, 0.3) is 0 Å². The Kier molecular flexibility index (Phi) is 3.78. The molecular weight excluding hydrogens is 246 g/mol. The van der Waals surface area contributed by atoms with Gasteiger partial charge in [-0.25, -0.2) is 0 Å². The van der Waals surface area contributed by atoms with Crippen LogP contribution in [-0.4, -0.2) is 19.9 Å². The van der Waals surface area contributed by atoms with E-state index in [1.165, 1.54) is 0 Å². The molecule has 0 spiro atoms. The van der Waals surface area contributed by atoms with Crippen molar-refractivity contribution in [3.8, 4) is 0 Å². The largest absolute Gasteiger partial charge is 0.388 e. The first-order chi connectivity index (χ1) is 8.65. The molecule has 3 N–H and O–H groups in total. The maximum atomic E-state index is 5.47. The van der Waals surface area contributed by atoms with E-state index in [0.717, 1.165) is 17.1 Å². The van der Waals surface area contributed by atoms with Gasteiger partial charge in [0.15, 0.2) is 0 Å². The molecule has 2 rings (SSSR count). The van der Waals surface area contributed by atoms with Gasteiger partial charge in [0.1, 0.15) is 4.99 Å². The zero-order chi connectivity index (χ0) is 13.0. The Hall–Kier alpha value is -2.08. The molecule has 0 saturated carbocycles. The van der Waals surface area contributed by atoms with E-state index < -0.39 is 0 Å². The van der Waals surface area contributed by atoms with E-state index in [4.69, 9.17) is 18.0 Å². The van der Waals surface area contributed by atoms with Crippen molar-refractivity contribution in [3.05, 3.63) is 47.8 Å². The summed E-state index contributed by atoms with van der Waals surface area (Å²) in [6.07, 6.45) is 5.18. The maximum absolute atomic E-state index is 5.47. The molecule has 2 aromatic rings. The second kappa shape index (κ2) is 5.50. The smallest absolute Gasteiger partial charge is 0.122 e. The van der Waals surface area contributed by atoms with Crippen molar-refractivity contribution in [2.24, 2.45) is 5.73 Å². The number of hydrogen-bond donors (Lipinski definition) is 2. The van der Waals surface area contributed by atoms with E-state index in [1.807, 2.05) is 13.0 Å². The fourth-order valence-corrected chi connectivity index (χ4v) is 1.47. The lowest BCUT2D eigenvalue weighted by molar-refractivity contribution is 0.983. The van der Waals surface area contributed by atoms with Crippen LogP contribution in [0.3, 0.4) is 0 Å². The fraction of sp³-hybridized carbons (Fsp3) is 0.167. The van der Waals surface area contributed by atoms with Gasteiger partial charge in [0, 0.05) is 6.20 Å². The molecule has 0 aliphatic carbocycles. The first-order valence-electron chi connectivity index (χ1n) is 5.42. The molecule has 6 heteroatoms. The third-order valence-corrected chi connectivity index (χ3v) is 2.53. The molecule has 18 heavy (non-hydrogen) atoms. The normalized spacial score (nSPS) is 10.1. The van der Waals surface area contributed by atoms with Gasteiger partial charge in [-0.15, -0.1) is 0 Å². The van der Waals surface area contributed by atoms with E-state index in [1.54, 1.807) is 24.7 Å². The molecule has 0 aliphatic rings. The Morgan fingerprint density at radius 3 is 2.61 bits per heavy atom. The van der Waals surface area contributed by atoms with Crippen LogP contribution in [0.5, 0.6) is 0 Å². The predicted octanol–water partition coefficient (Wildman–Crippen LogP) is 1.43. The number of aromatic nitrogens is 3. The third-order valence-electron chi connectivity index (χ3n) is 2.32.